The van der Waals surface area contributed by atoms with E-state index in [9.17, 15) is 18.0 Å². The van der Waals surface area contributed by atoms with Crippen molar-refractivity contribution in [3.8, 4) is 0 Å². The first-order valence-corrected chi connectivity index (χ1v) is 10.3. The Morgan fingerprint density at radius 2 is 1.93 bits per heavy atom. The van der Waals surface area contributed by atoms with E-state index in [1.165, 1.54) is 12.1 Å². The molecule has 1 fully saturated rings. The molecule has 1 aromatic carbocycles. The molecule has 1 aromatic heterocycles. The molecule has 0 atom stereocenters. The lowest BCUT2D eigenvalue weighted by Crippen LogP contribution is -2.40. The Hall–Kier alpha value is -1.93. The van der Waals surface area contributed by atoms with Gasteiger partial charge in [-0.3, -0.25) is 9.69 Å². The maximum Gasteiger partial charge on any atom is 0.416 e. The van der Waals surface area contributed by atoms with Crippen molar-refractivity contribution in [1.29, 1.82) is 0 Å². The maximum atomic E-state index is 12.6. The van der Waals surface area contributed by atoms with Crippen molar-refractivity contribution in [1.82, 2.24) is 15.2 Å². The summed E-state index contributed by atoms with van der Waals surface area (Å²) in [7, 11) is 0. The van der Waals surface area contributed by atoms with Crippen molar-refractivity contribution in [3.05, 3.63) is 51.5 Å². The Morgan fingerprint density at radius 3 is 2.50 bits per heavy atom. The number of likely N-dealkylation sites (tertiary alicyclic amines) is 1. The van der Waals surface area contributed by atoms with Crippen LogP contribution in [0.25, 0.3) is 0 Å². The van der Waals surface area contributed by atoms with Crippen LogP contribution >= 0.6 is 11.3 Å². The van der Waals surface area contributed by atoms with E-state index in [0.29, 0.717) is 13.0 Å². The van der Waals surface area contributed by atoms with Gasteiger partial charge >= 0.3 is 6.18 Å². The van der Waals surface area contributed by atoms with E-state index in [1.807, 2.05) is 6.92 Å². The second-order valence-corrected chi connectivity index (χ2v) is 8.21. The Labute approximate surface area is 166 Å². The zero-order chi connectivity index (χ0) is 20.1. The van der Waals surface area contributed by atoms with Crippen molar-refractivity contribution in [2.75, 3.05) is 19.6 Å². The van der Waals surface area contributed by atoms with Crippen molar-refractivity contribution in [3.63, 3.8) is 0 Å². The van der Waals surface area contributed by atoms with Crippen LogP contribution in [0, 0.1) is 12.8 Å². The monoisotopic (exact) mass is 411 g/mol. The molecule has 0 spiro atoms. The topological polar surface area (TPSA) is 45.2 Å². The number of hydrogen-bond donors (Lipinski definition) is 1. The second-order valence-electron chi connectivity index (χ2n) is 7.14. The summed E-state index contributed by atoms with van der Waals surface area (Å²) in [5.41, 5.74) is 1.21. The Bertz CT molecular complexity index is 781. The molecule has 1 amide bonds. The number of nitrogens with zero attached hydrogens (tertiary/aromatic N) is 2. The van der Waals surface area contributed by atoms with Crippen LogP contribution in [0.3, 0.4) is 0 Å². The molecule has 152 valence electrons. The number of amides is 1. The molecule has 28 heavy (non-hydrogen) atoms. The minimum Gasteiger partial charge on any atom is -0.356 e. The molecule has 4 nitrogen and oxygen atoms in total. The third-order valence-corrected chi connectivity index (χ3v) is 5.83. The number of nitrogens with one attached hydrogen (secondary N) is 1. The summed E-state index contributed by atoms with van der Waals surface area (Å²) in [5, 5.41) is 6.07. The predicted molar refractivity (Wildman–Crippen MR) is 103 cm³/mol. The predicted octanol–water partition coefficient (Wildman–Crippen LogP) is 4.04. The summed E-state index contributed by atoms with van der Waals surface area (Å²) in [6.07, 6.45) is -2.17. The van der Waals surface area contributed by atoms with E-state index >= 15 is 0 Å². The van der Waals surface area contributed by atoms with Crippen LogP contribution in [0.2, 0.25) is 0 Å². The number of aromatic nitrogens is 1. The fourth-order valence-electron chi connectivity index (χ4n) is 3.40. The summed E-state index contributed by atoms with van der Waals surface area (Å²) in [4.78, 5) is 19.2. The molecular formula is C20H24F3N3OS. The van der Waals surface area contributed by atoms with E-state index in [1.54, 1.807) is 11.3 Å². The Morgan fingerprint density at radius 1 is 1.25 bits per heavy atom. The molecule has 0 bridgehead atoms. The van der Waals surface area contributed by atoms with Crippen LogP contribution in [-0.4, -0.2) is 35.4 Å². The summed E-state index contributed by atoms with van der Waals surface area (Å²) in [6.45, 7) is 4.99. The highest BCUT2D eigenvalue weighted by Gasteiger charge is 2.30. The SMILES string of the molecule is Cc1nc(CN2CCC(C(=O)NCCc3ccc(C(F)(F)F)cc3)CC2)cs1. The summed E-state index contributed by atoms with van der Waals surface area (Å²) in [6, 6.07) is 5.09. The number of piperidine rings is 1. The zero-order valence-electron chi connectivity index (χ0n) is 15.8. The van der Waals surface area contributed by atoms with E-state index < -0.39 is 11.7 Å². The number of hydrogen-bond acceptors (Lipinski definition) is 4. The quantitative estimate of drug-likeness (QED) is 0.780. The van der Waals surface area contributed by atoms with Crippen molar-refractivity contribution in [2.24, 2.45) is 5.92 Å². The average Bonchev–Trinajstić information content (AvgIpc) is 3.06. The molecule has 1 aliphatic heterocycles. The number of rotatable bonds is 6. The lowest BCUT2D eigenvalue weighted by Gasteiger charge is -2.30. The van der Waals surface area contributed by atoms with Crippen molar-refractivity contribution >= 4 is 17.2 Å². The molecule has 2 aromatic rings. The molecule has 1 aliphatic rings. The van der Waals surface area contributed by atoms with E-state index in [0.717, 1.165) is 60.9 Å². The highest BCUT2D eigenvalue weighted by molar-refractivity contribution is 7.09. The molecule has 0 radical (unpaired) electrons. The molecule has 1 saturated heterocycles. The Balaban J connectivity index is 1.37. The third kappa shape index (κ3) is 5.78. The molecule has 1 N–H and O–H groups in total. The number of alkyl halides is 3. The van der Waals surface area contributed by atoms with Gasteiger partial charge in [0, 0.05) is 24.4 Å². The summed E-state index contributed by atoms with van der Waals surface area (Å²) in [5.74, 6) is 0.0390. The molecule has 8 heteroatoms. The first-order chi connectivity index (χ1) is 13.3. The van der Waals surface area contributed by atoms with Gasteiger partial charge in [0.1, 0.15) is 0 Å². The smallest absolute Gasteiger partial charge is 0.356 e. The molecule has 3 rings (SSSR count). The number of carbonyl (C=O) groups excluding carboxylic acids is 1. The standard InChI is InChI=1S/C20H24F3N3OS/c1-14-25-18(13-28-14)12-26-10-7-16(8-11-26)19(27)24-9-6-15-2-4-17(5-3-15)20(21,22)23/h2-5,13,16H,6-12H2,1H3,(H,24,27). The van der Waals surface area contributed by atoms with Crippen LogP contribution in [0.4, 0.5) is 13.2 Å². The minimum atomic E-state index is -4.32. The fraction of sp³-hybridized carbons (Fsp3) is 0.500. The maximum absolute atomic E-state index is 12.6. The largest absolute Gasteiger partial charge is 0.416 e. The summed E-state index contributed by atoms with van der Waals surface area (Å²) >= 11 is 1.65. The van der Waals surface area contributed by atoms with Gasteiger partial charge in [0.15, 0.2) is 0 Å². The lowest BCUT2D eigenvalue weighted by molar-refractivity contribution is -0.137. The first-order valence-electron chi connectivity index (χ1n) is 9.38. The zero-order valence-corrected chi connectivity index (χ0v) is 16.6. The summed E-state index contributed by atoms with van der Waals surface area (Å²) < 4.78 is 37.7. The minimum absolute atomic E-state index is 0.000949. The van der Waals surface area contributed by atoms with Gasteiger partial charge in [-0.05, 0) is 57.0 Å². The molecule has 0 unspecified atom stereocenters. The highest BCUT2D eigenvalue weighted by atomic mass is 32.1. The van der Waals surface area contributed by atoms with Gasteiger partial charge in [-0.1, -0.05) is 12.1 Å². The van der Waals surface area contributed by atoms with Gasteiger partial charge in [-0.15, -0.1) is 11.3 Å². The molecule has 0 aliphatic carbocycles. The van der Waals surface area contributed by atoms with E-state index in [-0.39, 0.29) is 11.8 Å². The average molecular weight is 411 g/mol. The van der Waals surface area contributed by atoms with Gasteiger partial charge in [-0.25, -0.2) is 4.98 Å². The van der Waals surface area contributed by atoms with Crippen molar-refractivity contribution in [2.45, 2.75) is 38.9 Å². The number of carbonyl (C=O) groups is 1. The number of aryl methyl sites for hydroxylation is 1. The molecule has 0 saturated carbocycles. The number of benzene rings is 1. The van der Waals surface area contributed by atoms with Crippen LogP contribution in [-0.2, 0) is 23.9 Å². The van der Waals surface area contributed by atoms with Gasteiger partial charge in [-0.2, -0.15) is 13.2 Å². The third-order valence-electron chi connectivity index (χ3n) is 5.00. The van der Waals surface area contributed by atoms with Crippen LogP contribution in [0.5, 0.6) is 0 Å². The van der Waals surface area contributed by atoms with Crippen LogP contribution in [0.15, 0.2) is 29.6 Å². The normalized spacial score (nSPS) is 16.3. The van der Waals surface area contributed by atoms with E-state index in [4.69, 9.17) is 0 Å². The molecule has 2 heterocycles. The van der Waals surface area contributed by atoms with Crippen molar-refractivity contribution < 1.29 is 18.0 Å². The van der Waals surface area contributed by atoms with Gasteiger partial charge in [0.25, 0.3) is 0 Å². The lowest BCUT2D eigenvalue weighted by atomic mass is 9.95. The van der Waals surface area contributed by atoms with E-state index in [2.05, 4.69) is 20.6 Å². The second kappa shape index (κ2) is 9.05. The molecular weight excluding hydrogens is 387 g/mol. The first kappa shape index (κ1) is 20.8. The van der Waals surface area contributed by atoms with Gasteiger partial charge in [0.2, 0.25) is 5.91 Å². The van der Waals surface area contributed by atoms with Gasteiger partial charge in [0.05, 0.1) is 16.3 Å². The van der Waals surface area contributed by atoms with Crippen LogP contribution < -0.4 is 5.32 Å². The fourth-order valence-corrected chi connectivity index (χ4v) is 4.00. The number of halogens is 3. The number of thiazole rings is 1. The highest BCUT2D eigenvalue weighted by Crippen LogP contribution is 2.29. The Kier molecular flexibility index (Phi) is 6.72. The van der Waals surface area contributed by atoms with Gasteiger partial charge < -0.3 is 5.32 Å². The van der Waals surface area contributed by atoms with Crippen LogP contribution in [0.1, 0.15) is 34.7 Å².